The van der Waals surface area contributed by atoms with Crippen LogP contribution in [0.25, 0.3) is 0 Å². The molecule has 1 aromatic carbocycles. The molecule has 0 aliphatic heterocycles. The molecule has 0 radical (unpaired) electrons. The van der Waals surface area contributed by atoms with E-state index in [0.29, 0.717) is 0 Å². The first-order valence-electron chi connectivity index (χ1n) is 6.15. The minimum absolute atomic E-state index is 0.220. The van der Waals surface area contributed by atoms with Gasteiger partial charge in [0.25, 0.3) is 0 Å². The first kappa shape index (κ1) is 12.4. The van der Waals surface area contributed by atoms with Crippen molar-refractivity contribution in [2.45, 2.75) is 19.4 Å². The zero-order valence-corrected chi connectivity index (χ0v) is 10.6. The summed E-state index contributed by atoms with van der Waals surface area (Å²) in [7, 11) is 0. The quantitative estimate of drug-likeness (QED) is 0.793. The Labute approximate surface area is 108 Å². The average Bonchev–Trinajstić information content (AvgIpc) is 2.42. The molecule has 92 valence electrons. The fourth-order valence-corrected chi connectivity index (χ4v) is 1.93. The molecule has 0 saturated heterocycles. The van der Waals surface area contributed by atoms with Gasteiger partial charge in [-0.3, -0.25) is 0 Å². The van der Waals surface area contributed by atoms with E-state index >= 15 is 0 Å². The summed E-state index contributed by atoms with van der Waals surface area (Å²) in [4.78, 5) is 4.38. The number of hydrogen-bond donors (Lipinski definition) is 1. The number of hydrogen-bond acceptors (Lipinski definition) is 2. The zero-order chi connectivity index (χ0) is 12.8. The van der Waals surface area contributed by atoms with E-state index in [1.807, 2.05) is 24.4 Å². The van der Waals surface area contributed by atoms with Crippen LogP contribution in [0.4, 0.5) is 5.82 Å². The number of pyridine rings is 1. The second-order valence-corrected chi connectivity index (χ2v) is 4.30. The lowest BCUT2D eigenvalue weighted by atomic mass is 10.0. The average molecular weight is 238 g/mol. The first-order valence-corrected chi connectivity index (χ1v) is 6.15. The number of aryl methyl sites for hydroxylation is 1. The molecule has 2 nitrogen and oxygen atoms in total. The van der Waals surface area contributed by atoms with Crippen LogP contribution in [-0.2, 0) is 0 Å². The van der Waals surface area contributed by atoms with Gasteiger partial charge in [0.15, 0.2) is 0 Å². The van der Waals surface area contributed by atoms with Crippen molar-refractivity contribution in [1.29, 1.82) is 0 Å². The van der Waals surface area contributed by atoms with Gasteiger partial charge in [-0.1, -0.05) is 42.5 Å². The predicted octanol–water partition coefficient (Wildman–Crippen LogP) is 4.12. The van der Waals surface area contributed by atoms with Crippen LogP contribution in [0, 0.1) is 6.92 Å². The molecule has 18 heavy (non-hydrogen) atoms. The molecule has 2 rings (SSSR count). The van der Waals surface area contributed by atoms with Crippen molar-refractivity contribution in [3.05, 3.63) is 72.4 Å². The summed E-state index contributed by atoms with van der Waals surface area (Å²) in [6.07, 6.45) is 4.62. The van der Waals surface area contributed by atoms with Crippen LogP contribution in [-0.4, -0.2) is 4.98 Å². The summed E-state index contributed by atoms with van der Waals surface area (Å²) < 4.78 is 0. The summed E-state index contributed by atoms with van der Waals surface area (Å²) in [5, 5.41) is 3.48. The van der Waals surface area contributed by atoms with Gasteiger partial charge in [-0.25, -0.2) is 4.98 Å². The Bertz CT molecular complexity index is 506. The maximum atomic E-state index is 4.38. The molecular formula is C16H18N2. The number of benzene rings is 1. The molecule has 1 heterocycles. The number of nitrogens with one attached hydrogen (secondary N) is 1. The van der Waals surface area contributed by atoms with Crippen LogP contribution in [0.15, 0.2) is 61.3 Å². The van der Waals surface area contributed by atoms with E-state index in [0.717, 1.165) is 17.8 Å². The molecule has 2 aromatic rings. The molecule has 0 aliphatic rings. The highest BCUT2D eigenvalue weighted by atomic mass is 15.0. The van der Waals surface area contributed by atoms with Gasteiger partial charge in [0.2, 0.25) is 0 Å². The monoisotopic (exact) mass is 238 g/mol. The SMILES string of the molecule is C=CCC(Nc1ncccc1C)c1ccccc1. The highest BCUT2D eigenvalue weighted by Gasteiger charge is 2.10. The second kappa shape index (κ2) is 6.01. The van der Waals surface area contributed by atoms with E-state index in [9.17, 15) is 0 Å². The van der Waals surface area contributed by atoms with E-state index in [4.69, 9.17) is 0 Å². The van der Waals surface area contributed by atoms with Gasteiger partial charge in [0.1, 0.15) is 5.82 Å². The molecular weight excluding hydrogens is 220 g/mol. The topological polar surface area (TPSA) is 24.9 Å². The number of anilines is 1. The summed E-state index contributed by atoms with van der Waals surface area (Å²) in [5.41, 5.74) is 2.41. The number of nitrogens with zero attached hydrogens (tertiary/aromatic N) is 1. The lowest BCUT2D eigenvalue weighted by molar-refractivity contribution is 0.791. The van der Waals surface area contributed by atoms with Crippen molar-refractivity contribution < 1.29 is 0 Å². The third-order valence-corrected chi connectivity index (χ3v) is 2.92. The van der Waals surface area contributed by atoms with Crippen LogP contribution in [0.5, 0.6) is 0 Å². The molecule has 0 fully saturated rings. The van der Waals surface area contributed by atoms with Gasteiger partial charge >= 0.3 is 0 Å². The van der Waals surface area contributed by atoms with Crippen molar-refractivity contribution in [3.8, 4) is 0 Å². The molecule has 0 spiro atoms. The Morgan fingerprint density at radius 3 is 2.67 bits per heavy atom. The Kier molecular flexibility index (Phi) is 4.13. The number of rotatable bonds is 5. The van der Waals surface area contributed by atoms with E-state index in [2.05, 4.69) is 54.1 Å². The summed E-state index contributed by atoms with van der Waals surface area (Å²) >= 11 is 0. The molecule has 1 N–H and O–H groups in total. The van der Waals surface area contributed by atoms with Crippen molar-refractivity contribution in [2.24, 2.45) is 0 Å². The van der Waals surface area contributed by atoms with Crippen molar-refractivity contribution >= 4 is 5.82 Å². The summed E-state index contributed by atoms with van der Waals surface area (Å²) in [6, 6.07) is 14.6. The maximum absolute atomic E-state index is 4.38. The molecule has 1 unspecified atom stereocenters. The van der Waals surface area contributed by atoms with Gasteiger partial charge < -0.3 is 5.32 Å². The van der Waals surface area contributed by atoms with Crippen molar-refractivity contribution in [1.82, 2.24) is 4.98 Å². The van der Waals surface area contributed by atoms with Crippen LogP contribution in [0.1, 0.15) is 23.6 Å². The van der Waals surface area contributed by atoms with Crippen molar-refractivity contribution in [2.75, 3.05) is 5.32 Å². The normalized spacial score (nSPS) is 11.8. The van der Waals surface area contributed by atoms with Gasteiger partial charge in [-0.15, -0.1) is 6.58 Å². The molecule has 0 saturated carbocycles. The molecule has 1 atom stereocenters. The van der Waals surface area contributed by atoms with Gasteiger partial charge in [-0.05, 0) is 30.5 Å². The standard InChI is InChI=1S/C16H18N2/c1-3-8-15(14-10-5-4-6-11-14)18-16-13(2)9-7-12-17-16/h3-7,9-12,15H,1,8H2,2H3,(H,17,18). The second-order valence-electron chi connectivity index (χ2n) is 4.30. The van der Waals surface area contributed by atoms with Crippen LogP contribution < -0.4 is 5.32 Å². The molecule has 0 aliphatic carbocycles. The Balaban J connectivity index is 2.22. The van der Waals surface area contributed by atoms with E-state index in [1.165, 1.54) is 5.56 Å². The third-order valence-electron chi connectivity index (χ3n) is 2.92. The molecule has 2 heteroatoms. The van der Waals surface area contributed by atoms with Crippen LogP contribution in [0.2, 0.25) is 0 Å². The van der Waals surface area contributed by atoms with Crippen molar-refractivity contribution in [3.63, 3.8) is 0 Å². The van der Waals surface area contributed by atoms with Gasteiger partial charge in [0, 0.05) is 6.20 Å². The third kappa shape index (κ3) is 2.98. The maximum Gasteiger partial charge on any atom is 0.129 e. The number of aromatic nitrogens is 1. The first-order chi connectivity index (χ1) is 8.81. The Morgan fingerprint density at radius 2 is 2.00 bits per heavy atom. The van der Waals surface area contributed by atoms with E-state index < -0.39 is 0 Å². The predicted molar refractivity (Wildman–Crippen MR) is 76.6 cm³/mol. The molecule has 0 amide bonds. The van der Waals surface area contributed by atoms with Gasteiger partial charge in [-0.2, -0.15) is 0 Å². The minimum atomic E-state index is 0.220. The lowest BCUT2D eigenvalue weighted by Gasteiger charge is -2.19. The summed E-state index contributed by atoms with van der Waals surface area (Å²) in [5.74, 6) is 0.938. The highest BCUT2D eigenvalue weighted by molar-refractivity contribution is 5.45. The van der Waals surface area contributed by atoms with Crippen LogP contribution >= 0.6 is 0 Å². The smallest absolute Gasteiger partial charge is 0.129 e. The molecule has 0 bridgehead atoms. The summed E-state index contributed by atoms with van der Waals surface area (Å²) in [6.45, 7) is 5.89. The minimum Gasteiger partial charge on any atom is -0.363 e. The van der Waals surface area contributed by atoms with Crippen LogP contribution in [0.3, 0.4) is 0 Å². The van der Waals surface area contributed by atoms with E-state index in [1.54, 1.807) is 0 Å². The largest absolute Gasteiger partial charge is 0.363 e. The fourth-order valence-electron chi connectivity index (χ4n) is 1.93. The lowest BCUT2D eigenvalue weighted by Crippen LogP contribution is -2.11. The zero-order valence-electron chi connectivity index (χ0n) is 10.6. The Morgan fingerprint density at radius 1 is 1.22 bits per heavy atom. The van der Waals surface area contributed by atoms with Gasteiger partial charge in [0.05, 0.1) is 6.04 Å². The highest BCUT2D eigenvalue weighted by Crippen LogP contribution is 2.23. The Hall–Kier alpha value is -2.09. The fraction of sp³-hybridized carbons (Fsp3) is 0.188. The van der Waals surface area contributed by atoms with E-state index in [-0.39, 0.29) is 6.04 Å². The molecule has 1 aromatic heterocycles.